The molecule has 1 aromatic rings. The third kappa shape index (κ3) is 11.4. The highest BCUT2D eigenvalue weighted by molar-refractivity contribution is 5.79. The monoisotopic (exact) mass is 578 g/mol. The lowest BCUT2D eigenvalue weighted by molar-refractivity contribution is -0.139. The van der Waals surface area contributed by atoms with Gasteiger partial charge >= 0.3 is 0 Å². The second kappa shape index (κ2) is 18.2. The Labute approximate surface area is 246 Å². The Hall–Kier alpha value is -2.43. The number of aliphatic hydroxyl groups excluding tert-OH is 1. The third-order valence-electron chi connectivity index (χ3n) is 8.10. The van der Waals surface area contributed by atoms with Gasteiger partial charge in [-0.3, -0.25) is 9.59 Å². The van der Waals surface area contributed by atoms with E-state index in [9.17, 15) is 14.7 Å². The number of likely N-dealkylation sites (tertiary alicyclic amines) is 1. The van der Waals surface area contributed by atoms with Crippen molar-refractivity contribution in [3.63, 3.8) is 0 Å². The fourth-order valence-corrected chi connectivity index (χ4v) is 5.46. The number of nitrogens with one attached hydrogen (secondary N) is 1. The second-order valence-corrected chi connectivity index (χ2v) is 11.9. The van der Waals surface area contributed by atoms with Crippen LogP contribution in [0.15, 0.2) is 12.3 Å². The van der Waals surface area contributed by atoms with Crippen LogP contribution in [0.3, 0.4) is 0 Å². The number of nitrogens with zero attached hydrogens (tertiary/aromatic N) is 2. The first-order chi connectivity index (χ1) is 19.6. The first-order valence-electron chi connectivity index (χ1n) is 15.2. The predicted molar refractivity (Wildman–Crippen MR) is 160 cm³/mol. The van der Waals surface area contributed by atoms with E-state index in [-0.39, 0.29) is 48.5 Å². The highest BCUT2D eigenvalue weighted by Crippen LogP contribution is 2.31. The largest absolute Gasteiger partial charge is 0.488 e. The number of rotatable bonds is 18. The van der Waals surface area contributed by atoms with Crippen molar-refractivity contribution >= 4 is 11.8 Å². The lowest BCUT2D eigenvalue weighted by Gasteiger charge is -2.35. The van der Waals surface area contributed by atoms with E-state index >= 15 is 0 Å². The van der Waals surface area contributed by atoms with Gasteiger partial charge in [-0.15, -0.1) is 0 Å². The molecule has 0 saturated carbocycles. The zero-order valence-corrected chi connectivity index (χ0v) is 26.1. The molecule has 0 spiro atoms. The summed E-state index contributed by atoms with van der Waals surface area (Å²) in [6, 6.07) is 1.41. The number of piperidine rings is 1. The summed E-state index contributed by atoms with van der Waals surface area (Å²) in [6.45, 7) is 10.8. The van der Waals surface area contributed by atoms with Crippen LogP contribution in [-0.4, -0.2) is 86.0 Å². The van der Waals surface area contributed by atoms with Gasteiger partial charge in [0.1, 0.15) is 0 Å². The van der Waals surface area contributed by atoms with E-state index in [1.165, 1.54) is 0 Å². The van der Waals surface area contributed by atoms with Gasteiger partial charge in [0.15, 0.2) is 5.75 Å². The molecule has 0 unspecified atom stereocenters. The summed E-state index contributed by atoms with van der Waals surface area (Å²) in [5.41, 5.74) is 6.61. The highest BCUT2D eigenvalue weighted by atomic mass is 16.5. The summed E-state index contributed by atoms with van der Waals surface area (Å²) in [7, 11) is 3.22. The molecule has 2 amide bonds. The predicted octanol–water partition coefficient (Wildman–Crippen LogP) is 3.19. The van der Waals surface area contributed by atoms with Gasteiger partial charge in [-0.2, -0.15) is 0 Å². The minimum atomic E-state index is -0.887. The molecule has 1 aromatic heterocycles. The van der Waals surface area contributed by atoms with Crippen LogP contribution < -0.4 is 20.5 Å². The molecule has 1 fully saturated rings. The Balaban J connectivity index is 2.20. The lowest BCUT2D eigenvalue weighted by Crippen LogP contribution is -2.49. The van der Waals surface area contributed by atoms with E-state index in [1.54, 1.807) is 20.4 Å². The molecular formula is C31H54N4O6. The van der Waals surface area contributed by atoms with Gasteiger partial charge in [-0.1, -0.05) is 27.7 Å². The Bertz CT molecular complexity index is 922. The fraction of sp³-hybridized carbons (Fsp3) is 0.774. The number of amides is 2. The molecule has 0 radical (unpaired) electrons. The molecule has 0 aromatic carbocycles. The number of aromatic nitrogens is 1. The van der Waals surface area contributed by atoms with Crippen LogP contribution in [0.25, 0.3) is 0 Å². The molecule has 2 rings (SSSR count). The molecule has 2 heterocycles. The number of hydrogen-bond acceptors (Lipinski definition) is 8. The van der Waals surface area contributed by atoms with Gasteiger partial charge in [0, 0.05) is 45.3 Å². The molecule has 4 N–H and O–H groups in total. The van der Waals surface area contributed by atoms with Crippen molar-refractivity contribution in [2.75, 3.05) is 47.1 Å². The molecule has 234 valence electrons. The van der Waals surface area contributed by atoms with Crippen molar-refractivity contribution in [1.29, 1.82) is 0 Å². The molecule has 4 atom stereocenters. The Morgan fingerprint density at radius 2 is 1.78 bits per heavy atom. The maximum Gasteiger partial charge on any atom is 0.256 e. The number of pyridine rings is 1. The topological polar surface area (TPSA) is 136 Å². The first-order valence-corrected chi connectivity index (χ1v) is 15.2. The fourth-order valence-electron chi connectivity index (χ4n) is 5.46. The number of nitrogens with two attached hydrogens (primary N) is 1. The highest BCUT2D eigenvalue weighted by Gasteiger charge is 2.34. The smallest absolute Gasteiger partial charge is 0.256 e. The van der Waals surface area contributed by atoms with Crippen molar-refractivity contribution in [3.05, 3.63) is 17.8 Å². The van der Waals surface area contributed by atoms with Crippen molar-refractivity contribution < 1.29 is 28.9 Å². The van der Waals surface area contributed by atoms with Crippen LogP contribution in [0.5, 0.6) is 11.6 Å². The van der Waals surface area contributed by atoms with Crippen LogP contribution in [0.4, 0.5) is 0 Å². The molecule has 1 aliphatic heterocycles. The summed E-state index contributed by atoms with van der Waals surface area (Å²) < 4.78 is 16.4. The molecule has 10 nitrogen and oxygen atoms in total. The Morgan fingerprint density at radius 1 is 1.07 bits per heavy atom. The molecule has 1 aliphatic rings. The minimum absolute atomic E-state index is 0.0681. The molecule has 41 heavy (non-hydrogen) atoms. The van der Waals surface area contributed by atoms with Crippen LogP contribution in [-0.2, 0) is 20.7 Å². The van der Waals surface area contributed by atoms with Crippen LogP contribution in [0, 0.1) is 23.7 Å². The van der Waals surface area contributed by atoms with Gasteiger partial charge in [-0.05, 0) is 67.9 Å². The van der Waals surface area contributed by atoms with Gasteiger partial charge < -0.3 is 35.3 Å². The first kappa shape index (κ1) is 34.8. The molecule has 0 bridgehead atoms. The normalized spacial score (nSPS) is 16.8. The molecule has 1 saturated heterocycles. The van der Waals surface area contributed by atoms with Crippen LogP contribution in [0.2, 0.25) is 0 Å². The van der Waals surface area contributed by atoms with Gasteiger partial charge in [0.2, 0.25) is 11.8 Å². The minimum Gasteiger partial charge on any atom is -0.488 e. The number of carbonyl (C=O) groups excluding carboxylic acids is 2. The molecule has 0 aliphatic carbocycles. The summed E-state index contributed by atoms with van der Waals surface area (Å²) in [5.74, 6) is 0.896. The van der Waals surface area contributed by atoms with Gasteiger partial charge in [-0.25, -0.2) is 4.98 Å². The van der Waals surface area contributed by atoms with Crippen LogP contribution >= 0.6 is 0 Å². The number of hydrogen-bond donors (Lipinski definition) is 3. The Kier molecular flexibility index (Phi) is 15.4. The maximum atomic E-state index is 13.4. The standard InChI is InChI=1S/C31H54N4O6/c1-21(2)24(15-23-16-28(30(40-6)33-20-23)41-14-10-13-39-5)17-26(34-29(37)19-32)27(36)18-25(22(3)4)31(38)35-11-8-7-9-12-35/h16,20-22,24-27,36H,7-15,17-19,32H2,1-6H3,(H,34,37)/t24-,25-,26-,27-/m0/s1. The second-order valence-electron chi connectivity index (χ2n) is 11.9. The summed E-state index contributed by atoms with van der Waals surface area (Å²) >= 11 is 0. The Morgan fingerprint density at radius 3 is 2.37 bits per heavy atom. The lowest BCUT2D eigenvalue weighted by atomic mass is 9.80. The van der Waals surface area contributed by atoms with Crippen LogP contribution in [0.1, 0.15) is 71.8 Å². The van der Waals surface area contributed by atoms with Crippen molar-refractivity contribution in [2.24, 2.45) is 29.4 Å². The summed E-state index contributed by atoms with van der Waals surface area (Å²) in [4.78, 5) is 32.2. The van der Waals surface area contributed by atoms with Gasteiger partial charge in [0.25, 0.3) is 5.88 Å². The van der Waals surface area contributed by atoms with Crippen molar-refractivity contribution in [3.8, 4) is 11.6 Å². The number of methoxy groups -OCH3 is 2. The zero-order chi connectivity index (χ0) is 30.4. The summed E-state index contributed by atoms with van der Waals surface area (Å²) in [5, 5.41) is 14.4. The van der Waals surface area contributed by atoms with Crippen molar-refractivity contribution in [1.82, 2.24) is 15.2 Å². The maximum absolute atomic E-state index is 13.4. The van der Waals surface area contributed by atoms with E-state index in [2.05, 4.69) is 24.1 Å². The zero-order valence-electron chi connectivity index (χ0n) is 26.1. The molecule has 10 heteroatoms. The SMILES string of the molecule is COCCCOc1cc(C[C@@H](C[C@H](NC(=O)CN)[C@@H](O)C[C@H](C(=O)N2CCCCC2)C(C)C)C(C)C)cnc1OC. The van der Waals surface area contributed by atoms with E-state index in [1.807, 2.05) is 24.8 Å². The van der Waals surface area contributed by atoms with E-state index in [4.69, 9.17) is 19.9 Å². The molecular weight excluding hydrogens is 524 g/mol. The summed E-state index contributed by atoms with van der Waals surface area (Å²) in [6.07, 6.45) is 6.32. The van der Waals surface area contributed by atoms with E-state index in [0.29, 0.717) is 37.7 Å². The quantitative estimate of drug-likeness (QED) is 0.226. The van der Waals surface area contributed by atoms with Crippen molar-refractivity contribution in [2.45, 2.75) is 84.8 Å². The average molecular weight is 579 g/mol. The number of carbonyl (C=O) groups is 2. The number of ether oxygens (including phenoxy) is 3. The van der Waals surface area contributed by atoms with Gasteiger partial charge in [0.05, 0.1) is 32.4 Å². The van der Waals surface area contributed by atoms with E-state index in [0.717, 1.165) is 44.3 Å². The number of aliphatic hydroxyl groups is 1. The average Bonchev–Trinajstić information content (AvgIpc) is 2.97. The third-order valence-corrected chi connectivity index (χ3v) is 8.10. The van der Waals surface area contributed by atoms with E-state index < -0.39 is 12.1 Å².